The van der Waals surface area contributed by atoms with E-state index in [-0.39, 0.29) is 24.4 Å². The number of anilines is 2. The predicted octanol–water partition coefficient (Wildman–Crippen LogP) is 3.97. The summed E-state index contributed by atoms with van der Waals surface area (Å²) < 4.78 is 40.5. The van der Waals surface area contributed by atoms with Crippen molar-refractivity contribution in [1.82, 2.24) is 9.97 Å². The van der Waals surface area contributed by atoms with E-state index in [4.69, 9.17) is 26.4 Å². The number of benzene rings is 2. The molecule has 0 fully saturated rings. The van der Waals surface area contributed by atoms with Gasteiger partial charge in [-0.05, 0) is 62.7 Å². The molecule has 7 N–H and O–H groups in total. The molecule has 11 heteroatoms. The van der Waals surface area contributed by atoms with Crippen molar-refractivity contribution in [2.75, 3.05) is 31.4 Å². The number of halogens is 2. The lowest BCUT2D eigenvalue weighted by Crippen LogP contribution is -2.40. The van der Waals surface area contributed by atoms with Crippen molar-refractivity contribution < 1.29 is 23.4 Å². The highest BCUT2D eigenvalue weighted by Gasteiger charge is 2.47. The van der Waals surface area contributed by atoms with E-state index in [9.17, 15) is 13.9 Å². The summed E-state index contributed by atoms with van der Waals surface area (Å²) in [6.07, 6.45) is 2.52. The number of nitrogen functional groups attached to an aromatic ring is 1. The quantitative estimate of drug-likeness (QED) is 0.146. The third kappa shape index (κ3) is 6.30. The molecule has 0 unspecified atom stereocenters. The lowest BCUT2D eigenvalue weighted by molar-refractivity contribution is -0.168. The molecule has 9 nitrogen and oxygen atoms in total. The van der Waals surface area contributed by atoms with Gasteiger partial charge in [-0.1, -0.05) is 0 Å². The van der Waals surface area contributed by atoms with Gasteiger partial charge in [-0.2, -0.15) is 8.78 Å². The van der Waals surface area contributed by atoms with Crippen LogP contribution in [-0.2, 0) is 17.2 Å². The van der Waals surface area contributed by atoms with Crippen LogP contribution in [0.3, 0.4) is 0 Å². The first kappa shape index (κ1) is 27.8. The van der Waals surface area contributed by atoms with Crippen LogP contribution in [0, 0.1) is 12.3 Å². The Hall–Kier alpha value is -3.83. The van der Waals surface area contributed by atoms with E-state index in [2.05, 4.69) is 15.3 Å². The Morgan fingerprint density at radius 3 is 2.54 bits per heavy atom. The Kier molecular flexibility index (Phi) is 8.29. The Balaban J connectivity index is 2.02. The molecule has 0 amide bonds. The first-order valence-corrected chi connectivity index (χ1v) is 11.5. The maximum absolute atomic E-state index is 14.8. The SMILES string of the molecule is COCCOc1cc2c(NCc3cc(N)cc(C(F)(F)C(C)(C)O)c3)nc(C)nc2cc1C(N)=CC=N. The molecule has 37 heavy (non-hydrogen) atoms. The van der Waals surface area contributed by atoms with Crippen LogP contribution in [0.1, 0.15) is 36.4 Å². The minimum Gasteiger partial charge on any atom is -0.490 e. The maximum atomic E-state index is 14.8. The average Bonchev–Trinajstić information content (AvgIpc) is 2.81. The molecular weight excluding hydrogens is 482 g/mol. The van der Waals surface area contributed by atoms with Crippen LogP contribution >= 0.6 is 0 Å². The van der Waals surface area contributed by atoms with E-state index in [1.54, 1.807) is 32.2 Å². The minimum atomic E-state index is -3.51. The summed E-state index contributed by atoms with van der Waals surface area (Å²) in [4.78, 5) is 9.00. The van der Waals surface area contributed by atoms with Crippen LogP contribution in [0.5, 0.6) is 5.75 Å². The molecule has 0 spiro atoms. The van der Waals surface area contributed by atoms with Gasteiger partial charge in [0.25, 0.3) is 0 Å². The van der Waals surface area contributed by atoms with E-state index >= 15 is 0 Å². The molecule has 198 valence electrons. The van der Waals surface area contributed by atoms with Gasteiger partial charge >= 0.3 is 5.92 Å². The normalized spacial score (nSPS) is 12.6. The van der Waals surface area contributed by atoms with E-state index in [1.807, 2.05) is 0 Å². The highest BCUT2D eigenvalue weighted by molar-refractivity contribution is 5.94. The van der Waals surface area contributed by atoms with Crippen molar-refractivity contribution in [3.05, 3.63) is 58.9 Å². The summed E-state index contributed by atoms with van der Waals surface area (Å²) in [5.74, 6) is -2.12. The van der Waals surface area contributed by atoms with Gasteiger partial charge in [0, 0.05) is 47.8 Å². The molecular formula is C26H32F2N6O3. The molecule has 0 aliphatic carbocycles. The van der Waals surface area contributed by atoms with Crippen LogP contribution in [0.2, 0.25) is 0 Å². The molecule has 1 aromatic heterocycles. The Morgan fingerprint density at radius 1 is 1.16 bits per heavy atom. The molecule has 0 atom stereocenters. The Bertz CT molecular complexity index is 1320. The lowest BCUT2D eigenvalue weighted by atomic mass is 9.92. The van der Waals surface area contributed by atoms with Crippen LogP contribution < -0.4 is 21.5 Å². The molecule has 0 saturated carbocycles. The van der Waals surface area contributed by atoms with Gasteiger partial charge in [0.2, 0.25) is 0 Å². The fourth-order valence-corrected chi connectivity index (χ4v) is 3.71. The number of rotatable bonds is 11. The average molecular weight is 515 g/mol. The Morgan fingerprint density at radius 2 is 1.89 bits per heavy atom. The number of aryl methyl sites for hydroxylation is 1. The standard InChI is InChI=1S/C26H32F2N6O3/c1-15-33-22-12-19(21(31)5-6-29)23(37-8-7-36-4)13-20(22)24(34-15)32-14-16-9-17(11-18(30)10-16)26(27,28)25(2,3)35/h5-6,9-13,29,35H,7-8,14,30-31H2,1-4H3,(H,32,33,34). The van der Waals surface area contributed by atoms with Gasteiger partial charge in [-0.15, -0.1) is 0 Å². The smallest absolute Gasteiger partial charge is 0.300 e. The number of ether oxygens (including phenoxy) is 2. The third-order valence-corrected chi connectivity index (χ3v) is 5.63. The second kappa shape index (κ2) is 11.1. The summed E-state index contributed by atoms with van der Waals surface area (Å²) >= 11 is 0. The summed E-state index contributed by atoms with van der Waals surface area (Å²) in [5.41, 5.74) is 11.5. The first-order chi connectivity index (χ1) is 17.4. The minimum absolute atomic E-state index is 0.128. The van der Waals surface area contributed by atoms with Crippen LogP contribution in [-0.4, -0.2) is 47.2 Å². The van der Waals surface area contributed by atoms with Gasteiger partial charge in [0.1, 0.15) is 29.6 Å². The van der Waals surface area contributed by atoms with Crippen LogP contribution in [0.4, 0.5) is 20.3 Å². The zero-order valence-corrected chi connectivity index (χ0v) is 21.2. The summed E-state index contributed by atoms with van der Waals surface area (Å²) in [6, 6.07) is 7.52. The molecule has 0 saturated heterocycles. The van der Waals surface area contributed by atoms with Gasteiger partial charge in [0.05, 0.1) is 12.1 Å². The van der Waals surface area contributed by atoms with Crippen molar-refractivity contribution in [1.29, 1.82) is 5.41 Å². The van der Waals surface area contributed by atoms with Gasteiger partial charge in [0.15, 0.2) is 0 Å². The van der Waals surface area contributed by atoms with Gasteiger partial charge in [-0.25, -0.2) is 9.97 Å². The monoisotopic (exact) mass is 514 g/mol. The van der Waals surface area contributed by atoms with Crippen molar-refractivity contribution >= 4 is 34.3 Å². The number of hydrogen-bond acceptors (Lipinski definition) is 9. The maximum Gasteiger partial charge on any atom is 0.300 e. The number of aromatic nitrogens is 2. The van der Waals surface area contributed by atoms with E-state index in [0.29, 0.717) is 51.7 Å². The fraction of sp³-hybridized carbons (Fsp3) is 0.346. The molecule has 1 heterocycles. The number of nitrogens with zero attached hydrogens (tertiary/aromatic N) is 2. The third-order valence-electron chi connectivity index (χ3n) is 5.63. The van der Waals surface area contributed by atoms with Crippen LogP contribution in [0.25, 0.3) is 16.6 Å². The number of aliphatic hydroxyl groups is 1. The molecule has 3 rings (SSSR count). The number of allylic oxidation sites excluding steroid dienone is 1. The molecule has 0 aliphatic rings. The summed E-state index contributed by atoms with van der Waals surface area (Å²) in [5, 5.41) is 21.1. The van der Waals surface area contributed by atoms with E-state index in [0.717, 1.165) is 26.1 Å². The topological polar surface area (TPSA) is 152 Å². The van der Waals surface area contributed by atoms with E-state index < -0.39 is 11.5 Å². The molecule has 3 aromatic rings. The van der Waals surface area contributed by atoms with Crippen LogP contribution in [0.15, 0.2) is 36.4 Å². The summed E-state index contributed by atoms with van der Waals surface area (Å²) in [6.45, 7) is 4.58. The highest BCUT2D eigenvalue weighted by Crippen LogP contribution is 2.40. The fourth-order valence-electron chi connectivity index (χ4n) is 3.71. The number of nitrogens with two attached hydrogens (primary N) is 2. The number of nitrogens with one attached hydrogen (secondary N) is 2. The summed E-state index contributed by atoms with van der Waals surface area (Å²) in [7, 11) is 1.56. The zero-order chi connectivity index (χ0) is 27.4. The van der Waals surface area contributed by atoms with Crippen molar-refractivity contribution in [2.45, 2.75) is 38.8 Å². The number of fused-ring (bicyclic) bond motifs is 1. The number of alkyl halides is 2. The van der Waals surface area contributed by atoms with Gasteiger partial charge in [-0.3, -0.25) is 0 Å². The Labute approximate surface area is 214 Å². The van der Waals surface area contributed by atoms with E-state index in [1.165, 1.54) is 12.1 Å². The molecule has 0 aliphatic heterocycles. The second-order valence-corrected chi connectivity index (χ2v) is 9.07. The predicted molar refractivity (Wildman–Crippen MR) is 141 cm³/mol. The lowest BCUT2D eigenvalue weighted by Gasteiger charge is -2.29. The van der Waals surface area contributed by atoms with Crippen molar-refractivity contribution in [3.63, 3.8) is 0 Å². The van der Waals surface area contributed by atoms with Crippen molar-refractivity contribution in [2.24, 2.45) is 5.73 Å². The van der Waals surface area contributed by atoms with Crippen molar-refractivity contribution in [3.8, 4) is 5.75 Å². The van der Waals surface area contributed by atoms with Gasteiger partial charge < -0.3 is 36.8 Å². The number of hydrogen-bond donors (Lipinski definition) is 5. The molecule has 0 bridgehead atoms. The number of methoxy groups -OCH3 is 1. The second-order valence-electron chi connectivity index (χ2n) is 9.07. The molecule has 0 radical (unpaired) electrons. The largest absolute Gasteiger partial charge is 0.490 e. The first-order valence-electron chi connectivity index (χ1n) is 11.5. The zero-order valence-electron chi connectivity index (χ0n) is 21.2. The molecule has 2 aromatic carbocycles. The highest BCUT2D eigenvalue weighted by atomic mass is 19.3.